The van der Waals surface area contributed by atoms with Crippen LogP contribution in [0.4, 0.5) is 5.69 Å². The Bertz CT molecular complexity index is 839. The molecule has 0 atom stereocenters. The zero-order valence-electron chi connectivity index (χ0n) is 12.9. The minimum atomic E-state index is 0.759. The Morgan fingerprint density at radius 1 is 1.09 bits per heavy atom. The van der Waals surface area contributed by atoms with Gasteiger partial charge in [-0.15, -0.1) is 0 Å². The summed E-state index contributed by atoms with van der Waals surface area (Å²) in [5, 5.41) is 6.35. The molecule has 0 saturated heterocycles. The molecule has 3 rings (SSSR count). The molecule has 23 heavy (non-hydrogen) atoms. The lowest BCUT2D eigenvalue weighted by Crippen LogP contribution is -1.94. The van der Waals surface area contributed by atoms with Crippen LogP contribution in [0.15, 0.2) is 48.7 Å². The fraction of sp³-hybridized carbons (Fsp3) is 0.118. The maximum Gasteiger partial charge on any atom is 0.138 e. The second kappa shape index (κ2) is 6.76. The van der Waals surface area contributed by atoms with Crippen LogP contribution >= 0.6 is 12.1 Å². The van der Waals surface area contributed by atoms with Crippen molar-refractivity contribution in [1.29, 1.82) is 0 Å². The summed E-state index contributed by atoms with van der Waals surface area (Å²) in [5.41, 5.74) is 2.78. The third-order valence-corrected chi connectivity index (χ3v) is 3.84. The topological polar surface area (TPSA) is 69.4 Å². The number of benzene rings is 2. The molecule has 0 spiro atoms. The summed E-state index contributed by atoms with van der Waals surface area (Å²) in [6.45, 7) is 1.99. The Morgan fingerprint density at radius 3 is 2.70 bits per heavy atom. The number of pyridine rings is 1. The van der Waals surface area contributed by atoms with Crippen molar-refractivity contribution in [3.05, 3.63) is 54.2 Å². The van der Waals surface area contributed by atoms with Crippen molar-refractivity contribution in [1.82, 2.24) is 4.98 Å². The van der Waals surface area contributed by atoms with Crippen molar-refractivity contribution < 1.29 is 9.47 Å². The maximum absolute atomic E-state index is 6.08. The molecule has 0 aliphatic rings. The van der Waals surface area contributed by atoms with Crippen molar-refractivity contribution in [2.75, 3.05) is 11.8 Å². The number of hydrogen-bond donors (Lipinski definition) is 2. The van der Waals surface area contributed by atoms with Gasteiger partial charge in [-0.25, -0.2) is 0 Å². The fourth-order valence-corrected chi connectivity index (χ4v) is 2.59. The van der Waals surface area contributed by atoms with Crippen LogP contribution in [0.2, 0.25) is 0 Å². The standard InChI is InChI=1S/C17H17N3O2S/c1-11-9-12(20-23-18)3-6-16(11)22-17-7-8-19-15-10-13(21-2)4-5-14(15)17/h3-10,20H,18H2,1-2H3. The molecular formula is C17H17N3O2S. The Labute approximate surface area is 139 Å². The van der Waals surface area contributed by atoms with Gasteiger partial charge >= 0.3 is 0 Å². The molecular weight excluding hydrogens is 310 g/mol. The lowest BCUT2D eigenvalue weighted by Gasteiger charge is -2.12. The van der Waals surface area contributed by atoms with Gasteiger partial charge in [-0.05, 0) is 48.9 Å². The first-order valence-corrected chi connectivity index (χ1v) is 7.92. The van der Waals surface area contributed by atoms with Crippen LogP contribution in [-0.2, 0) is 0 Å². The Hall–Kier alpha value is -2.44. The highest BCUT2D eigenvalue weighted by molar-refractivity contribution is 7.98. The molecule has 0 aliphatic heterocycles. The summed E-state index contributed by atoms with van der Waals surface area (Å²) in [7, 11) is 1.64. The summed E-state index contributed by atoms with van der Waals surface area (Å²) >= 11 is 1.07. The third kappa shape index (κ3) is 3.33. The zero-order chi connectivity index (χ0) is 16.2. The van der Waals surface area contributed by atoms with Crippen LogP contribution in [0.1, 0.15) is 5.56 Å². The summed E-state index contributed by atoms with van der Waals surface area (Å²) in [5.74, 6) is 2.32. The molecule has 2 aromatic carbocycles. The first kappa shape index (κ1) is 15.5. The number of rotatable bonds is 5. The number of aromatic nitrogens is 1. The number of anilines is 1. The van der Waals surface area contributed by atoms with E-state index in [1.165, 1.54) is 0 Å². The fourth-order valence-electron chi connectivity index (χ4n) is 2.33. The predicted molar refractivity (Wildman–Crippen MR) is 94.9 cm³/mol. The van der Waals surface area contributed by atoms with Gasteiger partial charge in [0, 0.05) is 35.5 Å². The van der Waals surface area contributed by atoms with Crippen molar-refractivity contribution in [2.24, 2.45) is 5.14 Å². The summed E-state index contributed by atoms with van der Waals surface area (Å²) < 4.78 is 14.3. The van der Waals surface area contributed by atoms with E-state index in [1.54, 1.807) is 13.3 Å². The number of methoxy groups -OCH3 is 1. The molecule has 6 heteroatoms. The number of nitrogens with two attached hydrogens (primary N) is 1. The molecule has 1 heterocycles. The zero-order valence-corrected chi connectivity index (χ0v) is 13.7. The first-order valence-electron chi connectivity index (χ1n) is 7.04. The molecule has 0 unspecified atom stereocenters. The Morgan fingerprint density at radius 2 is 1.96 bits per heavy atom. The Balaban J connectivity index is 1.95. The van der Waals surface area contributed by atoms with E-state index in [2.05, 4.69) is 9.71 Å². The number of aryl methyl sites for hydroxylation is 1. The van der Waals surface area contributed by atoms with E-state index >= 15 is 0 Å². The monoisotopic (exact) mass is 327 g/mol. The smallest absolute Gasteiger partial charge is 0.138 e. The molecule has 5 nitrogen and oxygen atoms in total. The third-order valence-electron chi connectivity index (χ3n) is 3.48. The van der Waals surface area contributed by atoms with E-state index in [0.717, 1.165) is 51.5 Å². The number of nitrogens with one attached hydrogen (secondary N) is 1. The molecule has 3 N–H and O–H groups in total. The molecule has 0 aliphatic carbocycles. The molecule has 0 radical (unpaired) electrons. The van der Waals surface area contributed by atoms with Crippen LogP contribution in [-0.4, -0.2) is 12.1 Å². The van der Waals surface area contributed by atoms with Gasteiger partial charge in [-0.2, -0.15) is 0 Å². The number of fused-ring (bicyclic) bond motifs is 1. The number of nitrogens with zero attached hydrogens (tertiary/aromatic N) is 1. The Kier molecular flexibility index (Phi) is 4.55. The highest BCUT2D eigenvalue weighted by Crippen LogP contribution is 2.33. The number of ether oxygens (including phenoxy) is 2. The molecule has 0 fully saturated rings. The molecule has 0 saturated carbocycles. The minimum absolute atomic E-state index is 0.759. The van der Waals surface area contributed by atoms with Gasteiger partial charge < -0.3 is 14.2 Å². The van der Waals surface area contributed by atoms with Crippen LogP contribution in [0, 0.1) is 6.92 Å². The van der Waals surface area contributed by atoms with E-state index in [0.29, 0.717) is 0 Å². The van der Waals surface area contributed by atoms with Gasteiger partial charge in [-0.3, -0.25) is 10.1 Å². The molecule has 0 amide bonds. The molecule has 1 aromatic heterocycles. The van der Waals surface area contributed by atoms with Crippen molar-refractivity contribution >= 4 is 28.7 Å². The van der Waals surface area contributed by atoms with Gasteiger partial charge in [-0.1, -0.05) is 0 Å². The van der Waals surface area contributed by atoms with Crippen LogP contribution in [0.3, 0.4) is 0 Å². The highest BCUT2D eigenvalue weighted by atomic mass is 32.2. The van der Waals surface area contributed by atoms with Gasteiger partial charge in [0.15, 0.2) is 0 Å². The first-order chi connectivity index (χ1) is 11.2. The summed E-state index contributed by atoms with van der Waals surface area (Å²) in [6.07, 6.45) is 1.73. The van der Waals surface area contributed by atoms with E-state index in [9.17, 15) is 0 Å². The predicted octanol–water partition coefficient (Wildman–Crippen LogP) is 4.28. The summed E-state index contributed by atoms with van der Waals surface area (Å²) in [6, 6.07) is 13.4. The van der Waals surface area contributed by atoms with E-state index in [1.807, 2.05) is 49.4 Å². The van der Waals surface area contributed by atoms with Gasteiger partial charge in [0.1, 0.15) is 17.2 Å². The van der Waals surface area contributed by atoms with Crippen LogP contribution in [0.25, 0.3) is 10.9 Å². The second-order valence-electron chi connectivity index (χ2n) is 4.99. The highest BCUT2D eigenvalue weighted by Gasteiger charge is 2.08. The van der Waals surface area contributed by atoms with Crippen molar-refractivity contribution in [3.8, 4) is 17.2 Å². The van der Waals surface area contributed by atoms with E-state index < -0.39 is 0 Å². The average molecular weight is 327 g/mol. The molecule has 0 bridgehead atoms. The van der Waals surface area contributed by atoms with Crippen LogP contribution < -0.4 is 19.3 Å². The SMILES string of the molecule is COc1ccc2c(Oc3ccc(NSN)cc3C)ccnc2c1. The molecule has 3 aromatic rings. The second-order valence-corrected chi connectivity index (χ2v) is 5.43. The molecule has 118 valence electrons. The van der Waals surface area contributed by atoms with Gasteiger partial charge in [0.05, 0.1) is 12.6 Å². The number of hydrogen-bond acceptors (Lipinski definition) is 6. The average Bonchev–Trinajstić information content (AvgIpc) is 2.57. The largest absolute Gasteiger partial charge is 0.497 e. The quantitative estimate of drug-likeness (QED) is 0.682. The van der Waals surface area contributed by atoms with E-state index in [4.69, 9.17) is 14.6 Å². The van der Waals surface area contributed by atoms with Gasteiger partial charge in [0.25, 0.3) is 0 Å². The lowest BCUT2D eigenvalue weighted by atomic mass is 10.2. The minimum Gasteiger partial charge on any atom is -0.497 e. The normalized spacial score (nSPS) is 10.6. The van der Waals surface area contributed by atoms with E-state index in [-0.39, 0.29) is 0 Å². The van der Waals surface area contributed by atoms with Crippen molar-refractivity contribution in [3.63, 3.8) is 0 Å². The van der Waals surface area contributed by atoms with Gasteiger partial charge in [0.2, 0.25) is 0 Å². The van der Waals surface area contributed by atoms with Crippen LogP contribution in [0.5, 0.6) is 17.2 Å². The lowest BCUT2D eigenvalue weighted by molar-refractivity contribution is 0.415. The maximum atomic E-state index is 6.08. The summed E-state index contributed by atoms with van der Waals surface area (Å²) in [4.78, 5) is 4.37. The van der Waals surface area contributed by atoms with Crippen molar-refractivity contribution in [2.45, 2.75) is 6.92 Å².